The molecule has 0 amide bonds. The number of rotatable bonds is 6. The quantitative estimate of drug-likeness (QED) is 0.167. The summed E-state index contributed by atoms with van der Waals surface area (Å²) in [5.74, 6) is 1.74. The molecule has 0 fully saturated rings. The molecule has 0 saturated heterocycles. The summed E-state index contributed by atoms with van der Waals surface area (Å²) in [7, 11) is 0. The van der Waals surface area contributed by atoms with Gasteiger partial charge in [-0.15, -0.1) is 11.3 Å². The number of para-hydroxylation sites is 4. The smallest absolute Gasteiger partial charge is 0.159 e. The average Bonchev–Trinajstić information content (AvgIpc) is 4.04. The SMILES string of the molecule is c1ccc(N(c2ccc(N(c3ccc4c(c3)C3(c5ccccc5O4)c4ccccc4-c4ccccc43)c3ccc4c(c3)sc3ccccc34)cc2)c2cccc3c2oc2ccccc23)cc1. The van der Waals surface area contributed by atoms with Gasteiger partial charge in [0.2, 0.25) is 0 Å². The van der Waals surface area contributed by atoms with Crippen molar-refractivity contribution in [1.29, 1.82) is 0 Å². The Hall–Kier alpha value is -8.38. The minimum Gasteiger partial charge on any atom is -0.457 e. The van der Waals surface area contributed by atoms with Gasteiger partial charge in [-0.1, -0.05) is 140 Å². The molecule has 1 aliphatic carbocycles. The number of anilines is 6. The predicted molar refractivity (Wildman–Crippen MR) is 273 cm³/mol. The van der Waals surface area contributed by atoms with Crippen molar-refractivity contribution in [3.63, 3.8) is 0 Å². The van der Waals surface area contributed by atoms with Gasteiger partial charge in [0, 0.05) is 70.5 Å². The van der Waals surface area contributed by atoms with Crippen molar-refractivity contribution in [1.82, 2.24) is 0 Å². The van der Waals surface area contributed by atoms with Gasteiger partial charge in [0.1, 0.15) is 17.1 Å². The highest BCUT2D eigenvalue weighted by Crippen LogP contribution is 2.62. The summed E-state index contributed by atoms with van der Waals surface area (Å²) in [6.07, 6.45) is 0. The van der Waals surface area contributed by atoms with Crippen LogP contribution in [0.25, 0.3) is 53.2 Å². The van der Waals surface area contributed by atoms with Crippen molar-refractivity contribution >= 4 is 87.6 Å². The largest absolute Gasteiger partial charge is 0.457 e. The number of fused-ring (bicyclic) bond motifs is 15. The van der Waals surface area contributed by atoms with Gasteiger partial charge < -0.3 is 19.0 Å². The first-order valence-corrected chi connectivity index (χ1v) is 23.2. The van der Waals surface area contributed by atoms with E-state index in [0.29, 0.717) is 0 Å². The topological polar surface area (TPSA) is 28.9 Å². The molecule has 14 rings (SSSR count). The minimum atomic E-state index is -0.591. The van der Waals surface area contributed by atoms with Crippen LogP contribution in [0.15, 0.2) is 235 Å². The van der Waals surface area contributed by atoms with E-state index in [1.54, 1.807) is 0 Å². The van der Waals surface area contributed by atoms with E-state index >= 15 is 0 Å². The lowest BCUT2D eigenvalue weighted by atomic mass is 9.66. The number of benzene rings is 10. The van der Waals surface area contributed by atoms with Crippen molar-refractivity contribution in [3.05, 3.63) is 253 Å². The molecule has 1 aliphatic heterocycles. The zero-order chi connectivity index (χ0) is 43.3. The third kappa shape index (κ3) is 5.32. The summed E-state index contributed by atoms with van der Waals surface area (Å²) in [5, 5.41) is 4.74. The number of ether oxygens (including phenoxy) is 1. The Balaban J connectivity index is 0.977. The maximum atomic E-state index is 6.88. The maximum Gasteiger partial charge on any atom is 0.159 e. The third-order valence-electron chi connectivity index (χ3n) is 13.7. The summed E-state index contributed by atoms with van der Waals surface area (Å²) < 4.78 is 16.0. The summed E-state index contributed by atoms with van der Waals surface area (Å²) in [6, 6.07) is 83.0. The van der Waals surface area contributed by atoms with Gasteiger partial charge in [-0.05, 0) is 113 Å². The first kappa shape index (κ1) is 37.0. The van der Waals surface area contributed by atoms with E-state index in [0.717, 1.165) is 78.7 Å². The molecule has 0 radical (unpaired) electrons. The van der Waals surface area contributed by atoms with E-state index in [1.165, 1.54) is 42.4 Å². The molecular formula is C61H38N2O2S. The van der Waals surface area contributed by atoms with Crippen LogP contribution in [0.3, 0.4) is 0 Å². The van der Waals surface area contributed by atoms with Gasteiger partial charge in [-0.3, -0.25) is 0 Å². The van der Waals surface area contributed by atoms with Crippen LogP contribution in [0.1, 0.15) is 22.3 Å². The molecular weight excluding hydrogens is 825 g/mol. The van der Waals surface area contributed by atoms with Gasteiger partial charge in [0.15, 0.2) is 5.58 Å². The molecule has 1 spiro atoms. The number of thiophene rings is 1. The zero-order valence-corrected chi connectivity index (χ0v) is 36.4. The molecule has 0 saturated carbocycles. The minimum absolute atomic E-state index is 0.591. The van der Waals surface area contributed by atoms with Gasteiger partial charge in [0.25, 0.3) is 0 Å². The molecule has 5 heteroatoms. The third-order valence-corrected chi connectivity index (χ3v) is 14.8. The summed E-state index contributed by atoms with van der Waals surface area (Å²) in [4.78, 5) is 4.70. The van der Waals surface area contributed by atoms with E-state index < -0.39 is 5.41 Å². The number of hydrogen-bond donors (Lipinski definition) is 0. The molecule has 4 nitrogen and oxygen atoms in total. The monoisotopic (exact) mass is 862 g/mol. The van der Waals surface area contributed by atoms with Crippen molar-refractivity contribution in [2.75, 3.05) is 9.80 Å². The zero-order valence-electron chi connectivity index (χ0n) is 35.6. The standard InChI is InChI=1S/C61H38N2O2S/c1-2-15-39(16-3-1)63(54-25-14-21-49-46-19-6-11-26-55(46)65-60(49)54)41-31-29-40(30-32-41)62(43-33-35-48-47-20-7-13-28-58(47)66-59(48)38-43)42-34-36-57-53(37-42)61(52-24-10-12-27-56(52)64-57)50-22-8-4-17-44(50)45-18-5-9-23-51(45)61/h1-38H. The van der Waals surface area contributed by atoms with Crippen molar-refractivity contribution in [2.24, 2.45) is 0 Å². The number of hydrogen-bond acceptors (Lipinski definition) is 5. The fourth-order valence-corrected chi connectivity index (χ4v) is 12.1. The molecule has 2 aliphatic rings. The van der Waals surface area contributed by atoms with Gasteiger partial charge in [-0.2, -0.15) is 0 Å². The van der Waals surface area contributed by atoms with E-state index in [4.69, 9.17) is 9.15 Å². The Morgan fingerprint density at radius 3 is 1.71 bits per heavy atom. The highest BCUT2D eigenvalue weighted by molar-refractivity contribution is 7.25. The Kier molecular flexibility index (Phi) is 8.03. The van der Waals surface area contributed by atoms with Crippen LogP contribution in [0.5, 0.6) is 11.5 Å². The predicted octanol–water partition coefficient (Wildman–Crippen LogP) is 17.4. The second-order valence-electron chi connectivity index (χ2n) is 17.2. The first-order valence-electron chi connectivity index (χ1n) is 22.4. The molecule has 0 N–H and O–H groups in total. The Morgan fingerprint density at radius 1 is 0.348 bits per heavy atom. The van der Waals surface area contributed by atoms with Crippen molar-refractivity contribution < 1.29 is 9.15 Å². The lowest BCUT2D eigenvalue weighted by Gasteiger charge is -2.40. The highest BCUT2D eigenvalue weighted by atomic mass is 32.1. The Morgan fingerprint density at radius 2 is 0.909 bits per heavy atom. The van der Waals surface area contributed by atoms with Crippen LogP contribution in [0.2, 0.25) is 0 Å². The second kappa shape index (κ2) is 14.3. The van der Waals surface area contributed by atoms with E-state index in [2.05, 4.69) is 228 Å². The van der Waals surface area contributed by atoms with E-state index in [1.807, 2.05) is 23.5 Å². The summed E-state index contributed by atoms with van der Waals surface area (Å²) >= 11 is 1.84. The average molecular weight is 863 g/mol. The fourth-order valence-electron chi connectivity index (χ4n) is 10.9. The van der Waals surface area contributed by atoms with Crippen LogP contribution in [-0.4, -0.2) is 0 Å². The summed E-state index contributed by atoms with van der Waals surface area (Å²) in [5.41, 5.74) is 14.6. The van der Waals surface area contributed by atoms with Crippen LogP contribution < -0.4 is 14.5 Å². The van der Waals surface area contributed by atoms with Crippen LogP contribution in [0, 0.1) is 0 Å². The first-order chi connectivity index (χ1) is 32.7. The molecule has 3 heterocycles. The van der Waals surface area contributed by atoms with Crippen LogP contribution >= 0.6 is 11.3 Å². The van der Waals surface area contributed by atoms with E-state index in [-0.39, 0.29) is 0 Å². The van der Waals surface area contributed by atoms with Gasteiger partial charge in [-0.25, -0.2) is 0 Å². The van der Waals surface area contributed by atoms with Gasteiger partial charge >= 0.3 is 0 Å². The van der Waals surface area contributed by atoms with Crippen LogP contribution in [0.4, 0.5) is 34.1 Å². The molecule has 2 aromatic heterocycles. The number of furan rings is 1. The lowest BCUT2D eigenvalue weighted by molar-refractivity contribution is 0.436. The van der Waals surface area contributed by atoms with Crippen molar-refractivity contribution in [3.8, 4) is 22.6 Å². The van der Waals surface area contributed by atoms with Gasteiger partial charge in [0.05, 0.1) is 11.1 Å². The number of nitrogens with zero attached hydrogens (tertiary/aromatic N) is 2. The second-order valence-corrected chi connectivity index (χ2v) is 18.3. The Labute approximate surface area is 385 Å². The van der Waals surface area contributed by atoms with E-state index in [9.17, 15) is 0 Å². The molecule has 10 aromatic carbocycles. The summed E-state index contributed by atoms with van der Waals surface area (Å²) in [6.45, 7) is 0. The highest BCUT2D eigenvalue weighted by Gasteiger charge is 2.51. The molecule has 0 atom stereocenters. The normalized spacial score (nSPS) is 13.1. The lowest BCUT2D eigenvalue weighted by Crippen LogP contribution is -2.32. The molecule has 12 aromatic rings. The fraction of sp³-hybridized carbons (Fsp3) is 0.0164. The maximum absolute atomic E-state index is 6.88. The molecule has 0 bridgehead atoms. The van der Waals surface area contributed by atoms with Crippen molar-refractivity contribution in [2.45, 2.75) is 5.41 Å². The Bertz CT molecular complexity index is 3840. The molecule has 310 valence electrons. The van der Waals surface area contributed by atoms with Crippen LogP contribution in [-0.2, 0) is 5.41 Å². The molecule has 66 heavy (non-hydrogen) atoms. The molecule has 0 unspecified atom stereocenters.